The van der Waals surface area contributed by atoms with Crippen molar-refractivity contribution in [3.8, 4) is 0 Å². The maximum atomic E-state index is 5.37. The number of anilines is 1. The number of nitrogens with one attached hydrogen (secondary N) is 2. The zero-order chi connectivity index (χ0) is 13.8. The number of halogens is 1. The van der Waals surface area contributed by atoms with Crippen LogP contribution in [-0.4, -0.2) is 49.4 Å². The number of hydrogen-bond acceptors (Lipinski definition) is 4. The average Bonchev–Trinajstić information content (AvgIpc) is 2.49. The topological polar surface area (TPSA) is 51.5 Å². The Morgan fingerprint density at radius 3 is 2.95 bits per heavy atom. The van der Waals surface area contributed by atoms with Crippen molar-refractivity contribution in [2.75, 3.05) is 44.7 Å². The van der Waals surface area contributed by atoms with Crippen LogP contribution < -0.4 is 10.2 Å². The zero-order valence-corrected chi connectivity index (χ0v) is 12.8. The van der Waals surface area contributed by atoms with E-state index >= 15 is 0 Å². The number of quaternary nitrogens is 1. The third kappa shape index (κ3) is 3.26. The van der Waals surface area contributed by atoms with E-state index in [0.29, 0.717) is 0 Å². The molecule has 1 saturated heterocycles. The van der Waals surface area contributed by atoms with Gasteiger partial charge in [0.25, 0.3) is 0 Å². The van der Waals surface area contributed by atoms with Crippen molar-refractivity contribution in [3.63, 3.8) is 0 Å². The van der Waals surface area contributed by atoms with E-state index in [2.05, 4.69) is 37.3 Å². The van der Waals surface area contributed by atoms with Gasteiger partial charge in [-0.15, -0.1) is 0 Å². The molecule has 0 saturated carbocycles. The molecule has 0 spiro atoms. The number of ether oxygens (including phenoxy) is 1. The molecule has 3 rings (SSSR count). The fourth-order valence-corrected chi connectivity index (χ4v) is 2.80. The lowest BCUT2D eigenvalue weighted by Gasteiger charge is -2.23. The Morgan fingerprint density at radius 1 is 1.25 bits per heavy atom. The van der Waals surface area contributed by atoms with Crippen molar-refractivity contribution >= 4 is 32.7 Å². The van der Waals surface area contributed by atoms with Gasteiger partial charge in [0.2, 0.25) is 0 Å². The van der Waals surface area contributed by atoms with Crippen LogP contribution in [-0.2, 0) is 4.74 Å². The van der Waals surface area contributed by atoms with Crippen LogP contribution in [0.4, 0.5) is 5.82 Å². The largest absolute Gasteiger partial charge is 0.370 e. The molecule has 2 N–H and O–H groups in total. The number of morpholine rings is 1. The van der Waals surface area contributed by atoms with Gasteiger partial charge in [0, 0.05) is 9.86 Å². The molecule has 0 bridgehead atoms. The molecule has 0 unspecified atom stereocenters. The molecule has 0 amide bonds. The summed E-state index contributed by atoms with van der Waals surface area (Å²) in [5.41, 5.74) is 0.962. The minimum atomic E-state index is 0.874. The number of hydrogen-bond donors (Lipinski definition) is 2. The Kier molecular flexibility index (Phi) is 4.44. The molecule has 2 heterocycles. The van der Waals surface area contributed by atoms with Gasteiger partial charge < -0.3 is 15.0 Å². The molecule has 0 aliphatic carbocycles. The quantitative estimate of drug-likeness (QED) is 0.863. The SMILES string of the molecule is Brc1ccc2ncnc(NCC[NH+]3CCOCC3)c2c1. The molecular formula is C14H18BrN4O+. The molecule has 6 heteroatoms. The zero-order valence-electron chi connectivity index (χ0n) is 11.2. The number of fused-ring (bicyclic) bond motifs is 1. The monoisotopic (exact) mass is 337 g/mol. The highest BCUT2D eigenvalue weighted by atomic mass is 79.9. The molecule has 1 aromatic heterocycles. The third-order valence-electron chi connectivity index (χ3n) is 3.57. The van der Waals surface area contributed by atoms with Gasteiger partial charge in [-0.1, -0.05) is 15.9 Å². The number of benzene rings is 1. The van der Waals surface area contributed by atoms with E-state index in [9.17, 15) is 0 Å². The molecule has 5 nitrogen and oxygen atoms in total. The van der Waals surface area contributed by atoms with Crippen molar-refractivity contribution in [3.05, 3.63) is 29.0 Å². The van der Waals surface area contributed by atoms with Crippen molar-refractivity contribution in [2.45, 2.75) is 0 Å². The Bertz CT molecular complexity index is 586. The summed E-state index contributed by atoms with van der Waals surface area (Å²) in [6.45, 7) is 5.93. The number of rotatable bonds is 4. The first-order valence-corrected chi connectivity index (χ1v) is 7.68. The molecule has 106 valence electrons. The first-order chi connectivity index (χ1) is 9.83. The van der Waals surface area contributed by atoms with Crippen LogP contribution in [0.3, 0.4) is 0 Å². The van der Waals surface area contributed by atoms with Gasteiger partial charge in [-0.05, 0) is 18.2 Å². The average molecular weight is 338 g/mol. The van der Waals surface area contributed by atoms with Gasteiger partial charge in [-0.3, -0.25) is 0 Å². The van der Waals surface area contributed by atoms with E-state index in [4.69, 9.17) is 4.74 Å². The summed E-state index contributed by atoms with van der Waals surface area (Å²) in [6.07, 6.45) is 1.61. The Morgan fingerprint density at radius 2 is 2.10 bits per heavy atom. The highest BCUT2D eigenvalue weighted by molar-refractivity contribution is 9.10. The molecule has 2 aromatic rings. The van der Waals surface area contributed by atoms with E-state index in [1.807, 2.05) is 12.1 Å². The van der Waals surface area contributed by atoms with Crippen LogP contribution in [0.25, 0.3) is 10.9 Å². The van der Waals surface area contributed by atoms with Gasteiger partial charge in [-0.25, -0.2) is 9.97 Å². The fraction of sp³-hybridized carbons (Fsp3) is 0.429. The van der Waals surface area contributed by atoms with Gasteiger partial charge in [0.05, 0.1) is 31.8 Å². The third-order valence-corrected chi connectivity index (χ3v) is 4.06. The van der Waals surface area contributed by atoms with Gasteiger partial charge in [-0.2, -0.15) is 0 Å². The summed E-state index contributed by atoms with van der Waals surface area (Å²) in [5.74, 6) is 0.906. The molecule has 1 aromatic carbocycles. The number of aromatic nitrogens is 2. The van der Waals surface area contributed by atoms with Crippen LogP contribution >= 0.6 is 15.9 Å². The molecule has 0 radical (unpaired) electrons. The van der Waals surface area contributed by atoms with Crippen LogP contribution in [0.15, 0.2) is 29.0 Å². The highest BCUT2D eigenvalue weighted by Crippen LogP contribution is 2.22. The van der Waals surface area contributed by atoms with Crippen molar-refractivity contribution in [2.24, 2.45) is 0 Å². The molecule has 20 heavy (non-hydrogen) atoms. The maximum Gasteiger partial charge on any atom is 0.137 e. The molecule has 1 aliphatic rings. The lowest BCUT2D eigenvalue weighted by molar-refractivity contribution is -0.906. The Hall–Kier alpha value is -1.24. The van der Waals surface area contributed by atoms with Crippen molar-refractivity contribution in [1.82, 2.24) is 9.97 Å². The summed E-state index contributed by atoms with van der Waals surface area (Å²) in [6, 6.07) is 6.05. The number of nitrogens with zero attached hydrogens (tertiary/aromatic N) is 2. The molecule has 1 aliphatic heterocycles. The normalized spacial score (nSPS) is 16.4. The van der Waals surface area contributed by atoms with Crippen LogP contribution in [0.1, 0.15) is 0 Å². The van der Waals surface area contributed by atoms with Gasteiger partial charge in [0.15, 0.2) is 0 Å². The first-order valence-electron chi connectivity index (χ1n) is 6.88. The first kappa shape index (κ1) is 13.7. The fourth-order valence-electron chi connectivity index (χ4n) is 2.44. The van der Waals surface area contributed by atoms with Crippen molar-refractivity contribution < 1.29 is 9.64 Å². The summed E-state index contributed by atoms with van der Waals surface area (Å²) in [5, 5.41) is 4.48. The summed E-state index contributed by atoms with van der Waals surface area (Å²) < 4.78 is 6.41. The van der Waals surface area contributed by atoms with E-state index in [1.165, 1.54) is 0 Å². The molecule has 1 fully saturated rings. The Labute approximate surface area is 126 Å². The second-order valence-electron chi connectivity index (χ2n) is 4.92. The van der Waals surface area contributed by atoms with Crippen molar-refractivity contribution in [1.29, 1.82) is 0 Å². The highest BCUT2D eigenvalue weighted by Gasteiger charge is 2.13. The summed E-state index contributed by atoms with van der Waals surface area (Å²) >= 11 is 3.50. The predicted octanol–water partition coefficient (Wildman–Crippen LogP) is 0.719. The smallest absolute Gasteiger partial charge is 0.137 e. The van der Waals surface area contributed by atoms with Crippen LogP contribution in [0.5, 0.6) is 0 Å². The second-order valence-corrected chi connectivity index (χ2v) is 5.84. The molecular weight excluding hydrogens is 320 g/mol. The van der Waals surface area contributed by atoms with E-state index < -0.39 is 0 Å². The van der Waals surface area contributed by atoms with Crippen LogP contribution in [0.2, 0.25) is 0 Å². The van der Waals surface area contributed by atoms with Gasteiger partial charge >= 0.3 is 0 Å². The van der Waals surface area contributed by atoms with E-state index in [0.717, 1.165) is 60.6 Å². The lowest BCUT2D eigenvalue weighted by atomic mass is 10.2. The summed E-state index contributed by atoms with van der Waals surface area (Å²) in [7, 11) is 0. The minimum Gasteiger partial charge on any atom is -0.370 e. The lowest BCUT2D eigenvalue weighted by Crippen LogP contribution is -3.14. The summed E-state index contributed by atoms with van der Waals surface area (Å²) in [4.78, 5) is 10.2. The maximum absolute atomic E-state index is 5.37. The Balaban J connectivity index is 1.66. The predicted molar refractivity (Wildman–Crippen MR) is 82.1 cm³/mol. The minimum absolute atomic E-state index is 0.874. The van der Waals surface area contributed by atoms with E-state index in [-0.39, 0.29) is 0 Å². The second kappa shape index (κ2) is 6.47. The molecule has 0 atom stereocenters. The van der Waals surface area contributed by atoms with Crippen LogP contribution in [0, 0.1) is 0 Å². The van der Waals surface area contributed by atoms with E-state index in [1.54, 1.807) is 11.2 Å². The van der Waals surface area contributed by atoms with Gasteiger partial charge in [0.1, 0.15) is 25.2 Å². The standard InChI is InChI=1S/C14H17BrN4O/c15-11-1-2-13-12(9-11)14(18-10-17-13)16-3-4-19-5-7-20-8-6-19/h1-2,9-10H,3-8H2,(H,16,17,18)/p+1.